The van der Waals surface area contributed by atoms with Crippen LogP contribution in [0.5, 0.6) is 0 Å². The van der Waals surface area contributed by atoms with E-state index in [0.717, 1.165) is 12.8 Å². The van der Waals surface area contributed by atoms with Crippen LogP contribution in [0.1, 0.15) is 23.3 Å². The highest BCUT2D eigenvalue weighted by Gasteiger charge is 2.44. The third kappa shape index (κ3) is 1.80. The van der Waals surface area contributed by atoms with Crippen LogP contribution in [0, 0.1) is 0 Å². The van der Waals surface area contributed by atoms with E-state index in [0.29, 0.717) is 5.69 Å². The largest absolute Gasteiger partial charge is 0.396 e. The zero-order valence-electron chi connectivity index (χ0n) is 8.53. The number of hydrogen-bond donors (Lipinski definition) is 3. The van der Waals surface area contributed by atoms with Crippen molar-refractivity contribution in [1.82, 2.24) is 15.1 Å². The Morgan fingerprint density at radius 3 is 2.87 bits per heavy atom. The van der Waals surface area contributed by atoms with E-state index in [9.17, 15) is 4.79 Å². The highest BCUT2D eigenvalue weighted by atomic mass is 16.3. The molecule has 6 nitrogen and oxygen atoms in total. The van der Waals surface area contributed by atoms with E-state index in [1.807, 2.05) is 0 Å². The van der Waals surface area contributed by atoms with Crippen LogP contribution in [0.4, 0.5) is 5.69 Å². The molecule has 1 aromatic rings. The molecule has 1 amide bonds. The minimum absolute atomic E-state index is 0.0362. The van der Waals surface area contributed by atoms with Gasteiger partial charge in [0, 0.05) is 13.2 Å². The van der Waals surface area contributed by atoms with Gasteiger partial charge in [0.15, 0.2) is 5.69 Å². The maximum Gasteiger partial charge on any atom is 0.274 e. The first-order valence-electron chi connectivity index (χ1n) is 4.79. The van der Waals surface area contributed by atoms with Gasteiger partial charge < -0.3 is 16.2 Å². The molecule has 1 aliphatic rings. The van der Waals surface area contributed by atoms with E-state index >= 15 is 0 Å². The molecule has 0 aliphatic heterocycles. The number of aromatic nitrogens is 2. The SMILES string of the molecule is Cn1cc(N)c(C(=O)NC2(CO)CC2)n1. The molecule has 82 valence electrons. The number of nitrogen functional groups attached to an aromatic ring is 1. The zero-order chi connectivity index (χ0) is 11.1. The Balaban J connectivity index is 2.11. The van der Waals surface area contributed by atoms with Gasteiger partial charge in [-0.15, -0.1) is 0 Å². The molecule has 6 heteroatoms. The Morgan fingerprint density at radius 1 is 1.80 bits per heavy atom. The van der Waals surface area contributed by atoms with Crippen LogP contribution in [0.15, 0.2) is 6.20 Å². The van der Waals surface area contributed by atoms with Crippen molar-refractivity contribution in [3.63, 3.8) is 0 Å². The van der Waals surface area contributed by atoms with Crippen molar-refractivity contribution in [2.75, 3.05) is 12.3 Å². The average Bonchev–Trinajstić information content (AvgIpc) is 2.86. The Bertz CT molecular complexity index is 395. The number of carbonyl (C=O) groups is 1. The normalized spacial score (nSPS) is 17.5. The molecular weight excluding hydrogens is 196 g/mol. The second kappa shape index (κ2) is 3.23. The standard InChI is InChI=1S/C9H14N4O2/c1-13-4-6(10)7(12-13)8(15)11-9(5-14)2-3-9/h4,14H,2-3,5,10H2,1H3,(H,11,15). The minimum Gasteiger partial charge on any atom is -0.396 e. The summed E-state index contributed by atoms with van der Waals surface area (Å²) in [6.07, 6.45) is 3.19. The van der Waals surface area contributed by atoms with Crippen molar-refractivity contribution in [3.8, 4) is 0 Å². The summed E-state index contributed by atoms with van der Waals surface area (Å²) >= 11 is 0. The molecule has 1 aliphatic carbocycles. The van der Waals surface area contributed by atoms with E-state index in [1.54, 1.807) is 13.2 Å². The predicted octanol–water partition coefficient (Wildman–Crippen LogP) is -0.743. The maximum atomic E-state index is 11.7. The van der Waals surface area contributed by atoms with Crippen molar-refractivity contribution in [3.05, 3.63) is 11.9 Å². The number of aliphatic hydroxyl groups excluding tert-OH is 1. The highest BCUT2D eigenvalue weighted by molar-refractivity contribution is 5.97. The summed E-state index contributed by atoms with van der Waals surface area (Å²) < 4.78 is 1.49. The molecule has 2 rings (SSSR count). The molecule has 1 aromatic heterocycles. The van der Waals surface area contributed by atoms with Gasteiger partial charge in [-0.3, -0.25) is 9.48 Å². The molecule has 0 unspecified atom stereocenters. The number of nitrogens with two attached hydrogens (primary N) is 1. The van der Waals surface area contributed by atoms with E-state index in [1.165, 1.54) is 4.68 Å². The number of anilines is 1. The molecule has 0 atom stereocenters. The molecular formula is C9H14N4O2. The second-order valence-corrected chi connectivity index (χ2v) is 4.00. The molecule has 0 bridgehead atoms. The number of carbonyl (C=O) groups excluding carboxylic acids is 1. The Morgan fingerprint density at radius 2 is 2.47 bits per heavy atom. The lowest BCUT2D eigenvalue weighted by Crippen LogP contribution is -2.40. The van der Waals surface area contributed by atoms with E-state index in [-0.39, 0.29) is 18.2 Å². The molecule has 4 N–H and O–H groups in total. The number of aliphatic hydroxyl groups is 1. The number of rotatable bonds is 3. The number of nitrogens with one attached hydrogen (secondary N) is 1. The van der Waals surface area contributed by atoms with Crippen LogP contribution in [0.2, 0.25) is 0 Å². The maximum absolute atomic E-state index is 11.7. The molecule has 0 saturated heterocycles. The van der Waals surface area contributed by atoms with E-state index < -0.39 is 5.54 Å². The minimum atomic E-state index is -0.430. The quantitative estimate of drug-likeness (QED) is 0.612. The zero-order valence-corrected chi connectivity index (χ0v) is 8.53. The lowest BCUT2D eigenvalue weighted by molar-refractivity contribution is 0.0902. The van der Waals surface area contributed by atoms with Crippen LogP contribution >= 0.6 is 0 Å². The highest BCUT2D eigenvalue weighted by Crippen LogP contribution is 2.34. The van der Waals surface area contributed by atoms with Gasteiger partial charge in [0.2, 0.25) is 0 Å². The first kappa shape index (κ1) is 9.97. The van der Waals surface area contributed by atoms with Crippen molar-refractivity contribution in [2.24, 2.45) is 7.05 Å². The number of hydrogen-bond acceptors (Lipinski definition) is 4. The Labute approximate surface area is 87.1 Å². The van der Waals surface area contributed by atoms with Crippen molar-refractivity contribution < 1.29 is 9.90 Å². The topological polar surface area (TPSA) is 93.2 Å². The van der Waals surface area contributed by atoms with Crippen LogP contribution < -0.4 is 11.1 Å². The summed E-state index contributed by atoms with van der Waals surface area (Å²) in [5.74, 6) is -0.320. The molecule has 15 heavy (non-hydrogen) atoms. The fourth-order valence-corrected chi connectivity index (χ4v) is 1.46. The van der Waals surface area contributed by atoms with Gasteiger partial charge in [0.25, 0.3) is 5.91 Å². The number of amides is 1. The Kier molecular flexibility index (Phi) is 2.15. The van der Waals surface area contributed by atoms with Crippen LogP contribution in [-0.4, -0.2) is 32.9 Å². The molecule has 0 aromatic carbocycles. The first-order chi connectivity index (χ1) is 7.06. The van der Waals surface area contributed by atoms with Crippen LogP contribution in [0.25, 0.3) is 0 Å². The summed E-state index contributed by atoms with van der Waals surface area (Å²) in [4.78, 5) is 11.7. The summed E-state index contributed by atoms with van der Waals surface area (Å²) in [7, 11) is 1.70. The summed E-state index contributed by atoms with van der Waals surface area (Å²) in [5.41, 5.74) is 5.76. The van der Waals surface area contributed by atoms with Gasteiger partial charge in [0.1, 0.15) is 0 Å². The summed E-state index contributed by atoms with van der Waals surface area (Å²) in [6.45, 7) is -0.0362. The molecule has 1 fully saturated rings. The molecule has 1 heterocycles. The fourth-order valence-electron chi connectivity index (χ4n) is 1.46. The third-order valence-corrected chi connectivity index (χ3v) is 2.61. The van der Waals surface area contributed by atoms with Gasteiger partial charge in [-0.25, -0.2) is 0 Å². The first-order valence-corrected chi connectivity index (χ1v) is 4.79. The van der Waals surface area contributed by atoms with Crippen LogP contribution in [0.3, 0.4) is 0 Å². The predicted molar refractivity (Wildman–Crippen MR) is 54.1 cm³/mol. The molecule has 0 radical (unpaired) electrons. The van der Waals surface area contributed by atoms with Crippen molar-refractivity contribution in [2.45, 2.75) is 18.4 Å². The van der Waals surface area contributed by atoms with Crippen molar-refractivity contribution >= 4 is 11.6 Å². The lowest BCUT2D eigenvalue weighted by Gasteiger charge is -2.12. The molecule has 1 saturated carbocycles. The second-order valence-electron chi connectivity index (χ2n) is 4.00. The van der Waals surface area contributed by atoms with Crippen LogP contribution in [-0.2, 0) is 7.05 Å². The van der Waals surface area contributed by atoms with Gasteiger partial charge in [-0.05, 0) is 12.8 Å². The van der Waals surface area contributed by atoms with Gasteiger partial charge in [-0.1, -0.05) is 0 Å². The fraction of sp³-hybridized carbons (Fsp3) is 0.556. The monoisotopic (exact) mass is 210 g/mol. The summed E-state index contributed by atoms with van der Waals surface area (Å²) in [6, 6.07) is 0. The van der Waals surface area contributed by atoms with E-state index in [2.05, 4.69) is 10.4 Å². The lowest BCUT2D eigenvalue weighted by atomic mass is 10.2. The number of aryl methyl sites for hydroxylation is 1. The van der Waals surface area contributed by atoms with E-state index in [4.69, 9.17) is 10.8 Å². The van der Waals surface area contributed by atoms with Gasteiger partial charge in [-0.2, -0.15) is 5.10 Å². The third-order valence-electron chi connectivity index (χ3n) is 2.61. The average molecular weight is 210 g/mol. The smallest absolute Gasteiger partial charge is 0.274 e. The van der Waals surface area contributed by atoms with Gasteiger partial charge in [0.05, 0.1) is 17.8 Å². The van der Waals surface area contributed by atoms with Crippen molar-refractivity contribution in [1.29, 1.82) is 0 Å². The summed E-state index contributed by atoms with van der Waals surface area (Å²) in [5, 5.41) is 15.8. The van der Waals surface area contributed by atoms with Gasteiger partial charge >= 0.3 is 0 Å². The molecule has 0 spiro atoms. The number of nitrogens with zero attached hydrogens (tertiary/aromatic N) is 2. The Hall–Kier alpha value is -1.56.